The summed E-state index contributed by atoms with van der Waals surface area (Å²) in [4.78, 5) is 39.1. The number of carbonyl (C=O) groups excluding carboxylic acids is 2. The maximum absolute atomic E-state index is 13.8. The SMILES string of the molecule is O=C(NCc1c(F)cc(F)cc1F)c1cn2c(c(O)c1=O)C(=O)N1CC=CCC2C1. The molecule has 3 heterocycles. The van der Waals surface area contributed by atoms with E-state index in [1.54, 1.807) is 6.08 Å². The van der Waals surface area contributed by atoms with Crippen molar-refractivity contribution in [2.75, 3.05) is 13.1 Å². The number of aromatic nitrogens is 1. The molecule has 30 heavy (non-hydrogen) atoms. The fraction of sp³-hybridized carbons (Fsp3) is 0.250. The summed E-state index contributed by atoms with van der Waals surface area (Å²) >= 11 is 0. The molecule has 0 spiro atoms. The van der Waals surface area contributed by atoms with Crippen molar-refractivity contribution in [3.8, 4) is 5.75 Å². The molecule has 1 atom stereocenters. The number of rotatable bonds is 3. The molecule has 156 valence electrons. The highest BCUT2D eigenvalue weighted by atomic mass is 19.1. The molecule has 0 aliphatic carbocycles. The van der Waals surface area contributed by atoms with Crippen molar-refractivity contribution in [2.24, 2.45) is 0 Å². The first-order valence-corrected chi connectivity index (χ1v) is 9.12. The van der Waals surface area contributed by atoms with E-state index in [4.69, 9.17) is 0 Å². The van der Waals surface area contributed by atoms with E-state index in [9.17, 15) is 32.7 Å². The largest absolute Gasteiger partial charge is 0.503 e. The lowest BCUT2D eigenvalue weighted by atomic mass is 10.1. The van der Waals surface area contributed by atoms with Gasteiger partial charge in [-0.15, -0.1) is 0 Å². The number of nitrogens with zero attached hydrogens (tertiary/aromatic N) is 2. The van der Waals surface area contributed by atoms with E-state index in [2.05, 4.69) is 5.32 Å². The molecule has 2 N–H and O–H groups in total. The summed E-state index contributed by atoms with van der Waals surface area (Å²) in [5.74, 6) is -5.86. The minimum atomic E-state index is -1.19. The number of pyridine rings is 1. The van der Waals surface area contributed by atoms with E-state index >= 15 is 0 Å². The van der Waals surface area contributed by atoms with Crippen LogP contribution in [-0.4, -0.2) is 39.5 Å². The van der Waals surface area contributed by atoms with E-state index in [0.717, 1.165) is 0 Å². The number of benzene rings is 1. The van der Waals surface area contributed by atoms with Crippen molar-refractivity contribution < 1.29 is 27.9 Å². The third-order valence-electron chi connectivity index (χ3n) is 5.20. The Kier molecular flexibility index (Phi) is 4.84. The molecule has 0 saturated heterocycles. The lowest BCUT2D eigenvalue weighted by Gasteiger charge is -2.34. The molecule has 2 aliphatic rings. The first-order chi connectivity index (χ1) is 14.3. The van der Waals surface area contributed by atoms with Gasteiger partial charge in [-0.05, 0) is 6.42 Å². The molecule has 0 radical (unpaired) electrons. The molecule has 4 rings (SSSR count). The number of amides is 2. The fourth-order valence-electron chi connectivity index (χ4n) is 3.66. The second-order valence-electron chi connectivity index (χ2n) is 7.08. The van der Waals surface area contributed by atoms with Crippen molar-refractivity contribution in [3.05, 3.63) is 75.0 Å². The lowest BCUT2D eigenvalue weighted by molar-refractivity contribution is 0.0688. The second-order valence-corrected chi connectivity index (χ2v) is 7.08. The third-order valence-corrected chi connectivity index (χ3v) is 5.20. The smallest absolute Gasteiger partial charge is 0.274 e. The van der Waals surface area contributed by atoms with Crippen LogP contribution >= 0.6 is 0 Å². The third kappa shape index (κ3) is 3.23. The lowest BCUT2D eigenvalue weighted by Crippen LogP contribution is -2.44. The first kappa shape index (κ1) is 19.7. The topological polar surface area (TPSA) is 91.6 Å². The highest BCUT2D eigenvalue weighted by Gasteiger charge is 2.35. The van der Waals surface area contributed by atoms with Gasteiger partial charge < -0.3 is 19.9 Å². The Balaban J connectivity index is 1.67. The standard InChI is InChI=1S/C20H16F3N3O4/c21-10-5-14(22)12(15(23)6-10)7-24-19(29)13-9-26-11-3-1-2-4-25(8-11)20(30)16(26)18(28)17(13)27/h1-2,5-6,9,11,28H,3-4,7-8H2,(H,24,29). The molecule has 0 saturated carbocycles. The molecule has 10 heteroatoms. The average molecular weight is 419 g/mol. The molecule has 2 aromatic rings. The van der Waals surface area contributed by atoms with Crippen molar-refractivity contribution in [1.82, 2.24) is 14.8 Å². The predicted molar refractivity (Wildman–Crippen MR) is 98.6 cm³/mol. The Labute approximate surface area is 168 Å². The number of aromatic hydroxyl groups is 1. The quantitative estimate of drug-likeness (QED) is 0.743. The van der Waals surface area contributed by atoms with Crippen LogP contribution in [0.25, 0.3) is 0 Å². The van der Waals surface area contributed by atoms with Gasteiger partial charge in [-0.25, -0.2) is 13.2 Å². The second kappa shape index (κ2) is 7.36. The zero-order valence-corrected chi connectivity index (χ0v) is 15.5. The van der Waals surface area contributed by atoms with Gasteiger partial charge in [-0.1, -0.05) is 12.2 Å². The summed E-state index contributed by atoms with van der Waals surface area (Å²) in [5, 5.41) is 12.5. The maximum Gasteiger partial charge on any atom is 0.274 e. The summed E-state index contributed by atoms with van der Waals surface area (Å²) in [5.41, 5.74) is -2.33. The molecule has 0 fully saturated rings. The summed E-state index contributed by atoms with van der Waals surface area (Å²) < 4.78 is 41.9. The van der Waals surface area contributed by atoms with Crippen molar-refractivity contribution in [1.29, 1.82) is 0 Å². The Morgan fingerprint density at radius 2 is 1.87 bits per heavy atom. The van der Waals surface area contributed by atoms with Gasteiger partial charge in [0, 0.05) is 43.5 Å². The molecular formula is C20H16F3N3O4. The molecule has 7 nitrogen and oxygen atoms in total. The van der Waals surface area contributed by atoms with Crippen LogP contribution in [0.3, 0.4) is 0 Å². The van der Waals surface area contributed by atoms with Crippen LogP contribution in [0.1, 0.15) is 38.9 Å². The maximum atomic E-state index is 13.8. The van der Waals surface area contributed by atoms with E-state index in [1.165, 1.54) is 15.7 Å². The van der Waals surface area contributed by atoms with Gasteiger partial charge in [0.15, 0.2) is 11.4 Å². The number of allylic oxidation sites excluding steroid dienone is 1. The van der Waals surface area contributed by atoms with E-state index in [0.29, 0.717) is 31.6 Å². The minimum absolute atomic E-state index is 0.202. The van der Waals surface area contributed by atoms with E-state index in [1.807, 2.05) is 6.08 Å². The van der Waals surface area contributed by atoms with Crippen LogP contribution in [-0.2, 0) is 6.54 Å². The summed E-state index contributed by atoms with van der Waals surface area (Å²) in [6.07, 6.45) is 5.36. The Hall–Kier alpha value is -3.56. The van der Waals surface area contributed by atoms with Crippen LogP contribution in [0.2, 0.25) is 0 Å². The van der Waals surface area contributed by atoms with Crippen molar-refractivity contribution in [3.63, 3.8) is 0 Å². The highest BCUT2D eigenvalue weighted by Crippen LogP contribution is 2.30. The summed E-state index contributed by atoms with van der Waals surface area (Å²) in [6, 6.07) is 0.656. The Morgan fingerprint density at radius 1 is 1.17 bits per heavy atom. The molecule has 2 aliphatic heterocycles. The number of hydrogen-bond donors (Lipinski definition) is 2. The Morgan fingerprint density at radius 3 is 2.57 bits per heavy atom. The monoisotopic (exact) mass is 419 g/mol. The van der Waals surface area contributed by atoms with Gasteiger partial charge in [0.1, 0.15) is 23.0 Å². The zero-order chi connectivity index (χ0) is 21.6. The Bertz CT molecular complexity index is 1140. The van der Waals surface area contributed by atoms with Gasteiger partial charge in [-0.3, -0.25) is 14.4 Å². The van der Waals surface area contributed by atoms with Crippen molar-refractivity contribution >= 4 is 11.8 Å². The molecule has 2 amide bonds. The number of nitrogens with one attached hydrogen (secondary N) is 1. The first-order valence-electron chi connectivity index (χ1n) is 9.12. The van der Waals surface area contributed by atoms with E-state index in [-0.39, 0.29) is 11.7 Å². The summed E-state index contributed by atoms with van der Waals surface area (Å²) in [7, 11) is 0. The van der Waals surface area contributed by atoms with Crippen LogP contribution in [0.15, 0.2) is 35.3 Å². The molecule has 2 bridgehead atoms. The number of hydrogen-bond acceptors (Lipinski definition) is 4. The number of carbonyl (C=O) groups is 2. The van der Waals surface area contributed by atoms with Crippen LogP contribution < -0.4 is 10.7 Å². The molecule has 1 unspecified atom stereocenters. The van der Waals surface area contributed by atoms with Gasteiger partial charge >= 0.3 is 0 Å². The van der Waals surface area contributed by atoms with Crippen LogP contribution in [0.4, 0.5) is 13.2 Å². The fourth-order valence-corrected chi connectivity index (χ4v) is 3.66. The molecular weight excluding hydrogens is 403 g/mol. The average Bonchev–Trinajstić information content (AvgIpc) is 2.91. The molecule has 1 aromatic carbocycles. The van der Waals surface area contributed by atoms with E-state index < -0.39 is 58.1 Å². The van der Waals surface area contributed by atoms with Gasteiger partial charge in [0.05, 0.1) is 6.04 Å². The van der Waals surface area contributed by atoms with Crippen LogP contribution in [0, 0.1) is 17.5 Å². The van der Waals surface area contributed by atoms with Crippen molar-refractivity contribution in [2.45, 2.75) is 19.0 Å². The number of halogens is 3. The summed E-state index contributed by atoms with van der Waals surface area (Å²) in [6.45, 7) is 0.0474. The minimum Gasteiger partial charge on any atom is -0.503 e. The highest BCUT2D eigenvalue weighted by molar-refractivity contribution is 5.99. The van der Waals surface area contributed by atoms with Gasteiger partial charge in [0.25, 0.3) is 11.8 Å². The van der Waals surface area contributed by atoms with Gasteiger partial charge in [-0.2, -0.15) is 0 Å². The number of fused-ring (bicyclic) bond motifs is 4. The molecule has 1 aromatic heterocycles. The zero-order valence-electron chi connectivity index (χ0n) is 15.5. The predicted octanol–water partition coefficient (Wildman–Crippen LogP) is 1.86. The normalized spacial score (nSPS) is 17.5. The van der Waals surface area contributed by atoms with Crippen LogP contribution in [0.5, 0.6) is 5.75 Å². The van der Waals surface area contributed by atoms with Gasteiger partial charge in [0.2, 0.25) is 5.43 Å².